The Labute approximate surface area is 369 Å². The van der Waals surface area contributed by atoms with E-state index in [4.69, 9.17) is 11.6 Å². The fraction of sp³-hybridized carbons (Fsp3) is 0.362. The molecular weight excluding hydrogens is 825 g/mol. The van der Waals surface area contributed by atoms with Crippen LogP contribution in [-0.4, -0.2) is 114 Å². The number of H-pyrrole nitrogens is 1. The second-order valence-electron chi connectivity index (χ2n) is 17.3. The number of aryl methyl sites for hydroxylation is 1. The van der Waals surface area contributed by atoms with Crippen molar-refractivity contribution in [3.05, 3.63) is 107 Å². The van der Waals surface area contributed by atoms with Gasteiger partial charge in [0.2, 0.25) is 17.7 Å². The molecule has 14 nitrogen and oxygen atoms in total. The minimum absolute atomic E-state index is 0.0156. The summed E-state index contributed by atoms with van der Waals surface area (Å²) in [5.41, 5.74) is 5.82. The molecule has 1 spiro atoms. The maximum absolute atomic E-state index is 16.6. The number of imide groups is 1. The molecule has 5 aromatic rings. The summed E-state index contributed by atoms with van der Waals surface area (Å²) in [6.45, 7) is 4.77. The average Bonchev–Trinajstić information content (AvgIpc) is 3.97. The van der Waals surface area contributed by atoms with Crippen LogP contribution in [0.3, 0.4) is 0 Å². The van der Waals surface area contributed by atoms with Crippen molar-refractivity contribution in [2.45, 2.75) is 51.1 Å². The van der Waals surface area contributed by atoms with Crippen LogP contribution in [0.15, 0.2) is 79.1 Å². The first-order valence-electron chi connectivity index (χ1n) is 21.4. The summed E-state index contributed by atoms with van der Waals surface area (Å²) in [4.78, 5) is 73.8. The van der Waals surface area contributed by atoms with Crippen molar-refractivity contribution in [2.75, 3.05) is 63.2 Å². The summed E-state index contributed by atoms with van der Waals surface area (Å²) < 4.78 is 18.3. The molecule has 326 valence electrons. The largest absolute Gasteiger partial charge is 0.371 e. The van der Waals surface area contributed by atoms with E-state index in [0.717, 1.165) is 67.1 Å². The zero-order valence-electron chi connectivity index (χ0n) is 35.3. The molecule has 2 aromatic heterocycles. The lowest BCUT2D eigenvalue weighted by Gasteiger charge is -2.55. The molecule has 1 atom stereocenters. The molecule has 3 saturated heterocycles. The van der Waals surface area contributed by atoms with Crippen LogP contribution in [0.1, 0.15) is 64.9 Å². The maximum atomic E-state index is 16.6. The van der Waals surface area contributed by atoms with E-state index in [1.807, 2.05) is 30.5 Å². The first-order chi connectivity index (χ1) is 30.3. The maximum Gasteiger partial charge on any atom is 0.269 e. The number of carbonyl (C=O) groups is 5. The van der Waals surface area contributed by atoms with Gasteiger partial charge in [-0.3, -0.25) is 34.0 Å². The molecule has 3 N–H and O–H groups in total. The van der Waals surface area contributed by atoms with Crippen molar-refractivity contribution in [3.63, 3.8) is 0 Å². The van der Waals surface area contributed by atoms with E-state index in [2.05, 4.69) is 54.8 Å². The highest BCUT2D eigenvalue weighted by Gasteiger charge is 2.45. The first-order valence-corrected chi connectivity index (χ1v) is 21.8. The number of carbonyl (C=O) groups excluding carboxylic acids is 5. The molecule has 63 heavy (non-hydrogen) atoms. The molecule has 0 saturated carbocycles. The summed E-state index contributed by atoms with van der Waals surface area (Å²) in [5.74, 6) is -1.99. The van der Waals surface area contributed by atoms with E-state index in [-0.39, 0.29) is 48.0 Å². The van der Waals surface area contributed by atoms with Gasteiger partial charge in [-0.1, -0.05) is 29.8 Å². The van der Waals surface area contributed by atoms with Gasteiger partial charge in [-0.05, 0) is 90.9 Å². The highest BCUT2D eigenvalue weighted by molar-refractivity contribution is 6.33. The number of amides is 5. The number of aromatic nitrogens is 3. The number of nitrogens with zero attached hydrogens (tertiary/aromatic N) is 6. The topological polar surface area (TPSA) is 156 Å². The molecule has 16 heteroatoms. The predicted octanol–water partition coefficient (Wildman–Crippen LogP) is 5.87. The van der Waals surface area contributed by atoms with Gasteiger partial charge in [-0.15, -0.1) is 0 Å². The average molecular weight is 874 g/mol. The third-order valence-corrected chi connectivity index (χ3v) is 13.3. The second-order valence-corrected chi connectivity index (χ2v) is 17.7. The Morgan fingerprint density at radius 3 is 2.46 bits per heavy atom. The van der Waals surface area contributed by atoms with Crippen LogP contribution < -0.4 is 20.4 Å². The Morgan fingerprint density at radius 1 is 0.984 bits per heavy atom. The van der Waals surface area contributed by atoms with Crippen LogP contribution in [-0.2, 0) is 20.9 Å². The Kier molecular flexibility index (Phi) is 11.3. The Bertz CT molecular complexity index is 2640. The Hall–Kier alpha value is -6.48. The molecule has 4 aliphatic rings. The number of halogens is 2. The van der Waals surface area contributed by atoms with E-state index in [9.17, 15) is 24.0 Å². The van der Waals surface area contributed by atoms with Crippen molar-refractivity contribution in [3.8, 4) is 11.1 Å². The number of nitrogens with one attached hydrogen (secondary N) is 3. The van der Waals surface area contributed by atoms with Crippen LogP contribution in [0.25, 0.3) is 27.6 Å². The van der Waals surface area contributed by atoms with E-state index in [1.165, 1.54) is 4.90 Å². The summed E-state index contributed by atoms with van der Waals surface area (Å²) in [7, 11) is 3.33. The van der Waals surface area contributed by atoms with Gasteiger partial charge in [0, 0.05) is 113 Å². The van der Waals surface area contributed by atoms with Gasteiger partial charge in [0.1, 0.15) is 11.7 Å². The molecule has 3 fully saturated rings. The van der Waals surface area contributed by atoms with Crippen molar-refractivity contribution < 1.29 is 28.4 Å². The van der Waals surface area contributed by atoms with Gasteiger partial charge in [0.05, 0.1) is 16.2 Å². The lowest BCUT2D eigenvalue weighted by molar-refractivity contribution is -0.134. The van der Waals surface area contributed by atoms with E-state index in [1.54, 1.807) is 48.1 Å². The van der Waals surface area contributed by atoms with Gasteiger partial charge >= 0.3 is 0 Å². The molecule has 1 unspecified atom stereocenters. The Balaban J connectivity index is 0.869. The van der Waals surface area contributed by atoms with E-state index >= 15 is 4.39 Å². The molecule has 4 aliphatic heterocycles. The highest BCUT2D eigenvalue weighted by Crippen LogP contribution is 2.45. The normalized spacial score (nSPS) is 18.6. The fourth-order valence-corrected chi connectivity index (χ4v) is 9.66. The SMILES string of the molecule is CN(C)C(=O)c1cc2c(-c3ccc(N4CCC5(CC4)CN(c4ccc(C(=O)NC6CCC(=O)NC6=O)cc4Cl)C5)cc3)cc(C3=CCCN(C(=O)CCn4cccn4)C3)c(F)c2[nH]1. The number of fused-ring (bicyclic) bond motifs is 1. The third kappa shape index (κ3) is 8.41. The highest BCUT2D eigenvalue weighted by atomic mass is 35.5. The zero-order valence-corrected chi connectivity index (χ0v) is 36.0. The molecule has 0 bridgehead atoms. The predicted molar refractivity (Wildman–Crippen MR) is 239 cm³/mol. The molecule has 5 amide bonds. The zero-order chi connectivity index (χ0) is 44.0. The van der Waals surface area contributed by atoms with Crippen molar-refractivity contribution in [1.29, 1.82) is 0 Å². The number of benzene rings is 3. The summed E-state index contributed by atoms with van der Waals surface area (Å²) >= 11 is 6.71. The standard InChI is InChI=1S/C47H49ClFN9O5/c1-54(2)46(63)38-25-35-33(24-34(42(49)43(35)51-38)31-5-3-18-56(26-31)41(60)14-20-58-19-4-17-50-58)29-6-9-32(10-7-29)55-21-15-47(16-22-55)27-57(28-47)39-12-8-30(23-36(39)48)44(61)52-37-11-13-40(59)53-45(37)62/h4-10,12,17,19,23-25,37,51H,3,11,13-16,18,20-22,26-28H2,1-2H3,(H,52,61)(H,53,59,62). The van der Waals surface area contributed by atoms with Gasteiger partial charge in [-0.25, -0.2) is 4.39 Å². The minimum atomic E-state index is -0.762. The van der Waals surface area contributed by atoms with Crippen LogP contribution in [0.5, 0.6) is 0 Å². The first kappa shape index (κ1) is 41.9. The van der Waals surface area contributed by atoms with Crippen LogP contribution in [0, 0.1) is 11.2 Å². The van der Waals surface area contributed by atoms with E-state index < -0.39 is 23.7 Å². The van der Waals surface area contributed by atoms with Crippen molar-refractivity contribution >= 4 is 69.0 Å². The lowest BCUT2D eigenvalue weighted by Crippen LogP contribution is -2.60. The number of rotatable bonds is 10. The van der Waals surface area contributed by atoms with Gasteiger partial charge in [0.15, 0.2) is 5.82 Å². The molecule has 9 rings (SSSR count). The van der Waals surface area contributed by atoms with Crippen molar-refractivity contribution in [2.24, 2.45) is 5.41 Å². The number of anilines is 2. The Morgan fingerprint density at radius 2 is 1.76 bits per heavy atom. The summed E-state index contributed by atoms with van der Waals surface area (Å²) in [5, 5.41) is 10.2. The second kappa shape index (κ2) is 17.0. The van der Waals surface area contributed by atoms with Crippen molar-refractivity contribution in [1.82, 2.24) is 35.2 Å². The number of hydrogen-bond acceptors (Lipinski definition) is 8. The monoisotopic (exact) mass is 873 g/mol. The lowest BCUT2D eigenvalue weighted by atomic mass is 9.71. The molecule has 6 heterocycles. The fourth-order valence-electron chi connectivity index (χ4n) is 9.36. The molecule has 0 aliphatic carbocycles. The summed E-state index contributed by atoms with van der Waals surface area (Å²) in [6.07, 6.45) is 8.85. The number of piperidine rings is 2. The quantitative estimate of drug-likeness (QED) is 0.147. The van der Waals surface area contributed by atoms with Gasteiger partial charge in [-0.2, -0.15) is 5.10 Å². The molecular formula is C47H49ClFN9O5. The van der Waals surface area contributed by atoms with Gasteiger partial charge in [0.25, 0.3) is 11.8 Å². The van der Waals surface area contributed by atoms with E-state index in [0.29, 0.717) is 53.2 Å². The third-order valence-electron chi connectivity index (χ3n) is 13.0. The molecule has 3 aromatic carbocycles. The smallest absolute Gasteiger partial charge is 0.269 e. The van der Waals surface area contributed by atoms with Gasteiger partial charge < -0.3 is 29.9 Å². The van der Waals surface area contributed by atoms with Crippen LogP contribution in [0.2, 0.25) is 5.02 Å². The van der Waals surface area contributed by atoms with Crippen LogP contribution in [0.4, 0.5) is 15.8 Å². The minimum Gasteiger partial charge on any atom is -0.371 e. The number of aromatic amines is 1. The number of hydrogen-bond donors (Lipinski definition) is 3. The molecule has 0 radical (unpaired) electrons. The van der Waals surface area contributed by atoms with Crippen LogP contribution >= 0.6 is 11.6 Å². The summed E-state index contributed by atoms with van der Waals surface area (Å²) in [6, 6.07) is 18.1.